The van der Waals surface area contributed by atoms with E-state index in [2.05, 4.69) is 20.8 Å². The highest BCUT2D eigenvalue weighted by atomic mass is 16.5. The van der Waals surface area contributed by atoms with Crippen LogP contribution in [0.3, 0.4) is 0 Å². The summed E-state index contributed by atoms with van der Waals surface area (Å²) in [4.78, 5) is 11.6. The minimum absolute atomic E-state index is 0.125. The molecule has 0 saturated carbocycles. The molecule has 0 fully saturated rings. The predicted octanol–water partition coefficient (Wildman–Crippen LogP) is 4.07. The van der Waals surface area contributed by atoms with E-state index in [0.717, 1.165) is 16.9 Å². The summed E-state index contributed by atoms with van der Waals surface area (Å²) in [6, 6.07) is 14.9. The Kier molecular flexibility index (Phi) is 5.50. The van der Waals surface area contributed by atoms with Gasteiger partial charge in [-0.3, -0.25) is 0 Å². The van der Waals surface area contributed by atoms with Crippen LogP contribution < -0.4 is 9.47 Å². The van der Waals surface area contributed by atoms with Gasteiger partial charge in [-0.2, -0.15) is 0 Å². The van der Waals surface area contributed by atoms with E-state index in [1.807, 2.05) is 48.5 Å². The van der Waals surface area contributed by atoms with Gasteiger partial charge in [0.1, 0.15) is 11.5 Å². The zero-order chi connectivity index (χ0) is 17.7. The van der Waals surface area contributed by atoms with E-state index in [-0.39, 0.29) is 11.8 Å². The third-order valence-corrected chi connectivity index (χ3v) is 3.82. The number of carboxylic acids is 1. The lowest BCUT2D eigenvalue weighted by Gasteiger charge is -2.24. The highest BCUT2D eigenvalue weighted by Gasteiger charge is 2.24. The van der Waals surface area contributed by atoms with Crippen molar-refractivity contribution in [3.8, 4) is 11.5 Å². The summed E-state index contributed by atoms with van der Waals surface area (Å²) >= 11 is 0. The van der Waals surface area contributed by atoms with Crippen molar-refractivity contribution < 1.29 is 19.4 Å². The normalized spacial score (nSPS) is 12.5. The van der Waals surface area contributed by atoms with Crippen LogP contribution in [0.25, 0.3) is 0 Å². The zero-order valence-corrected chi connectivity index (χ0v) is 14.6. The molecule has 0 bridgehead atoms. The maximum absolute atomic E-state index is 11.6. The Bertz CT molecular complexity index is 684. The Labute approximate surface area is 143 Å². The Morgan fingerprint density at radius 2 is 1.71 bits per heavy atom. The van der Waals surface area contributed by atoms with E-state index in [1.54, 1.807) is 7.11 Å². The summed E-state index contributed by atoms with van der Waals surface area (Å²) in [5, 5.41) is 9.54. The fourth-order valence-corrected chi connectivity index (χ4v) is 2.50. The average molecular weight is 328 g/mol. The minimum atomic E-state index is -0.977. The Balaban J connectivity index is 2.22. The lowest BCUT2D eigenvalue weighted by molar-refractivity contribution is -0.145. The number of benzene rings is 2. The third-order valence-electron chi connectivity index (χ3n) is 3.82. The molecule has 24 heavy (non-hydrogen) atoms. The molecule has 0 heterocycles. The lowest BCUT2D eigenvalue weighted by atomic mass is 9.86. The first-order valence-corrected chi connectivity index (χ1v) is 7.93. The van der Waals surface area contributed by atoms with Gasteiger partial charge in [-0.1, -0.05) is 51.1 Å². The summed E-state index contributed by atoms with van der Waals surface area (Å²) < 4.78 is 11.0. The topological polar surface area (TPSA) is 55.8 Å². The number of carboxylic acid groups (broad SMARTS) is 1. The number of ether oxygens (including phenoxy) is 2. The van der Waals surface area contributed by atoms with Crippen LogP contribution in [-0.4, -0.2) is 24.3 Å². The number of carbonyl (C=O) groups is 1. The SMILES string of the molecule is COc1ccc(CC(Oc2ccccc2C(C)(C)C)C(=O)O)cc1. The largest absolute Gasteiger partial charge is 0.497 e. The first-order chi connectivity index (χ1) is 11.3. The fraction of sp³-hybridized carbons (Fsp3) is 0.350. The molecule has 2 aromatic rings. The Morgan fingerprint density at radius 3 is 2.25 bits per heavy atom. The molecule has 2 rings (SSSR count). The smallest absolute Gasteiger partial charge is 0.345 e. The maximum Gasteiger partial charge on any atom is 0.345 e. The molecule has 0 radical (unpaired) electrons. The first-order valence-electron chi connectivity index (χ1n) is 7.93. The molecule has 0 aliphatic rings. The zero-order valence-electron chi connectivity index (χ0n) is 14.6. The monoisotopic (exact) mass is 328 g/mol. The highest BCUT2D eigenvalue weighted by molar-refractivity contribution is 5.73. The standard InChI is InChI=1S/C20H24O4/c1-20(2,3)16-7-5-6-8-17(16)24-18(19(21)22)13-14-9-11-15(23-4)12-10-14/h5-12,18H,13H2,1-4H3,(H,21,22). The predicted molar refractivity (Wildman–Crippen MR) is 93.9 cm³/mol. The fourth-order valence-electron chi connectivity index (χ4n) is 2.50. The molecule has 0 aromatic heterocycles. The van der Waals surface area contributed by atoms with Crippen LogP contribution in [0, 0.1) is 0 Å². The van der Waals surface area contributed by atoms with Crippen molar-refractivity contribution in [3.05, 3.63) is 59.7 Å². The van der Waals surface area contributed by atoms with Gasteiger partial charge in [0.2, 0.25) is 0 Å². The van der Waals surface area contributed by atoms with E-state index in [0.29, 0.717) is 5.75 Å². The molecule has 0 aliphatic carbocycles. The molecular weight excluding hydrogens is 304 g/mol. The molecule has 0 saturated heterocycles. The molecule has 1 N–H and O–H groups in total. The number of aliphatic carboxylic acids is 1. The van der Waals surface area contributed by atoms with Crippen molar-refractivity contribution in [2.45, 2.75) is 38.7 Å². The van der Waals surface area contributed by atoms with E-state index in [1.165, 1.54) is 0 Å². The second-order valence-corrected chi connectivity index (χ2v) is 6.74. The molecule has 1 atom stereocenters. The van der Waals surface area contributed by atoms with Gasteiger partial charge in [0.25, 0.3) is 0 Å². The van der Waals surface area contributed by atoms with Crippen molar-refractivity contribution in [2.24, 2.45) is 0 Å². The first kappa shape index (κ1) is 17.9. The molecule has 1 unspecified atom stereocenters. The van der Waals surface area contributed by atoms with Gasteiger partial charge in [0.15, 0.2) is 6.10 Å². The van der Waals surface area contributed by atoms with Crippen LogP contribution in [0.15, 0.2) is 48.5 Å². The number of para-hydroxylation sites is 1. The molecule has 0 spiro atoms. The highest BCUT2D eigenvalue weighted by Crippen LogP contribution is 2.32. The maximum atomic E-state index is 11.6. The summed E-state index contributed by atoms with van der Waals surface area (Å²) in [5.74, 6) is 0.380. The lowest BCUT2D eigenvalue weighted by Crippen LogP contribution is -2.30. The third kappa shape index (κ3) is 4.51. The molecule has 4 heteroatoms. The molecule has 0 amide bonds. The number of methoxy groups -OCH3 is 1. The van der Waals surface area contributed by atoms with Crippen LogP contribution >= 0.6 is 0 Å². The van der Waals surface area contributed by atoms with E-state index in [9.17, 15) is 9.90 Å². The summed E-state index contributed by atoms with van der Waals surface area (Å²) in [6.07, 6.45) is -0.653. The Hall–Kier alpha value is -2.49. The second kappa shape index (κ2) is 7.39. The molecule has 128 valence electrons. The number of hydrogen-bond acceptors (Lipinski definition) is 3. The van der Waals surface area contributed by atoms with Gasteiger partial charge < -0.3 is 14.6 Å². The van der Waals surface area contributed by atoms with Gasteiger partial charge in [-0.05, 0) is 34.7 Å². The second-order valence-electron chi connectivity index (χ2n) is 6.74. The molecule has 4 nitrogen and oxygen atoms in total. The van der Waals surface area contributed by atoms with E-state index < -0.39 is 12.1 Å². The number of rotatable bonds is 6. The van der Waals surface area contributed by atoms with E-state index >= 15 is 0 Å². The van der Waals surface area contributed by atoms with Crippen LogP contribution in [0.1, 0.15) is 31.9 Å². The van der Waals surface area contributed by atoms with Crippen LogP contribution in [0.5, 0.6) is 11.5 Å². The summed E-state index contributed by atoms with van der Waals surface area (Å²) in [5.41, 5.74) is 1.75. The van der Waals surface area contributed by atoms with Crippen molar-refractivity contribution in [2.75, 3.05) is 7.11 Å². The van der Waals surface area contributed by atoms with Gasteiger partial charge in [0.05, 0.1) is 7.11 Å². The quantitative estimate of drug-likeness (QED) is 0.868. The van der Waals surface area contributed by atoms with E-state index in [4.69, 9.17) is 9.47 Å². The summed E-state index contributed by atoms with van der Waals surface area (Å²) in [7, 11) is 1.60. The van der Waals surface area contributed by atoms with Gasteiger partial charge in [-0.15, -0.1) is 0 Å². The molecule has 0 aliphatic heterocycles. The van der Waals surface area contributed by atoms with Gasteiger partial charge in [0, 0.05) is 6.42 Å². The van der Waals surface area contributed by atoms with Crippen molar-refractivity contribution in [3.63, 3.8) is 0 Å². The Morgan fingerprint density at radius 1 is 1.08 bits per heavy atom. The average Bonchev–Trinajstić information content (AvgIpc) is 2.54. The minimum Gasteiger partial charge on any atom is -0.497 e. The van der Waals surface area contributed by atoms with Gasteiger partial charge in [-0.25, -0.2) is 4.79 Å². The molecular formula is C20H24O4. The van der Waals surface area contributed by atoms with Crippen molar-refractivity contribution in [1.29, 1.82) is 0 Å². The van der Waals surface area contributed by atoms with Crippen LogP contribution in [0.4, 0.5) is 0 Å². The summed E-state index contributed by atoms with van der Waals surface area (Å²) in [6.45, 7) is 6.23. The van der Waals surface area contributed by atoms with Crippen LogP contribution in [-0.2, 0) is 16.6 Å². The molecule has 2 aromatic carbocycles. The number of hydrogen-bond donors (Lipinski definition) is 1. The van der Waals surface area contributed by atoms with Gasteiger partial charge >= 0.3 is 5.97 Å². The van der Waals surface area contributed by atoms with Crippen LogP contribution in [0.2, 0.25) is 0 Å². The van der Waals surface area contributed by atoms with Crippen molar-refractivity contribution >= 4 is 5.97 Å². The van der Waals surface area contributed by atoms with Crippen molar-refractivity contribution in [1.82, 2.24) is 0 Å².